The third-order valence-corrected chi connectivity index (χ3v) is 3.29. The first-order valence-corrected chi connectivity index (χ1v) is 7.81. The number of carbonyl (C=O) groups is 1. The molecule has 0 bridgehead atoms. The molecule has 0 spiro atoms. The summed E-state index contributed by atoms with van der Waals surface area (Å²) in [5.74, 6) is 1.13. The fourth-order valence-corrected chi connectivity index (χ4v) is 2.31. The van der Waals surface area contributed by atoms with Crippen molar-refractivity contribution in [3.05, 3.63) is 29.8 Å². The number of nitrogens with one attached hydrogen (secondary N) is 1. The Labute approximate surface area is 128 Å². The van der Waals surface area contributed by atoms with Crippen LogP contribution in [0.2, 0.25) is 0 Å². The van der Waals surface area contributed by atoms with Gasteiger partial charge < -0.3 is 15.8 Å². The molecule has 4 heteroatoms. The van der Waals surface area contributed by atoms with E-state index in [4.69, 9.17) is 10.5 Å². The normalized spacial score (nSPS) is 12.2. The summed E-state index contributed by atoms with van der Waals surface area (Å²) in [6.45, 7) is 7.43. The van der Waals surface area contributed by atoms with Gasteiger partial charge in [-0.05, 0) is 57.4 Å². The zero-order chi connectivity index (χ0) is 15.7. The first kappa shape index (κ1) is 17.5. The molecule has 1 rings (SSSR count). The molecule has 0 aliphatic carbocycles. The highest BCUT2D eigenvalue weighted by Crippen LogP contribution is 2.15. The average molecular weight is 292 g/mol. The van der Waals surface area contributed by atoms with Crippen molar-refractivity contribution in [2.75, 3.05) is 13.1 Å². The van der Waals surface area contributed by atoms with Gasteiger partial charge in [-0.2, -0.15) is 0 Å². The van der Waals surface area contributed by atoms with Crippen LogP contribution in [-0.4, -0.2) is 25.1 Å². The van der Waals surface area contributed by atoms with Gasteiger partial charge in [0.2, 0.25) is 0 Å². The van der Waals surface area contributed by atoms with Crippen LogP contribution in [0.5, 0.6) is 5.75 Å². The van der Waals surface area contributed by atoms with Crippen molar-refractivity contribution in [1.82, 2.24) is 5.32 Å². The summed E-state index contributed by atoms with van der Waals surface area (Å²) < 4.78 is 5.61. The van der Waals surface area contributed by atoms with Gasteiger partial charge in [0.1, 0.15) is 5.75 Å². The SMILES string of the molecule is CCCC(CCN)CNC(=O)c1cccc(OC(C)C)c1. The zero-order valence-corrected chi connectivity index (χ0v) is 13.4. The first-order valence-electron chi connectivity index (χ1n) is 7.81. The zero-order valence-electron chi connectivity index (χ0n) is 13.4. The van der Waals surface area contributed by atoms with Crippen LogP contribution in [0, 0.1) is 5.92 Å². The van der Waals surface area contributed by atoms with Crippen LogP contribution >= 0.6 is 0 Å². The van der Waals surface area contributed by atoms with Crippen LogP contribution in [0.1, 0.15) is 50.4 Å². The average Bonchev–Trinajstić information content (AvgIpc) is 2.44. The van der Waals surface area contributed by atoms with Crippen molar-refractivity contribution in [3.8, 4) is 5.75 Å². The maximum atomic E-state index is 12.2. The molecule has 1 atom stereocenters. The maximum absolute atomic E-state index is 12.2. The molecule has 1 aromatic rings. The van der Waals surface area contributed by atoms with Crippen molar-refractivity contribution in [3.63, 3.8) is 0 Å². The Morgan fingerprint density at radius 2 is 2.10 bits per heavy atom. The van der Waals surface area contributed by atoms with Crippen LogP contribution in [-0.2, 0) is 0 Å². The standard InChI is InChI=1S/C17H28N2O2/c1-4-6-14(9-10-18)12-19-17(20)15-7-5-8-16(11-15)21-13(2)3/h5,7-8,11,13-14H,4,6,9-10,12,18H2,1-3H3,(H,19,20). The van der Waals surface area contributed by atoms with Crippen molar-refractivity contribution in [1.29, 1.82) is 0 Å². The highest BCUT2D eigenvalue weighted by atomic mass is 16.5. The minimum absolute atomic E-state index is 0.0534. The number of hydrogen-bond donors (Lipinski definition) is 2. The number of benzene rings is 1. The molecule has 118 valence electrons. The largest absolute Gasteiger partial charge is 0.491 e. The molecule has 3 N–H and O–H groups in total. The first-order chi connectivity index (χ1) is 10.1. The van der Waals surface area contributed by atoms with Crippen LogP contribution in [0.25, 0.3) is 0 Å². The third-order valence-electron chi connectivity index (χ3n) is 3.29. The predicted molar refractivity (Wildman–Crippen MR) is 86.6 cm³/mol. The summed E-state index contributed by atoms with van der Waals surface area (Å²) in [5, 5.41) is 3.00. The van der Waals surface area contributed by atoms with Crippen molar-refractivity contribution in [2.24, 2.45) is 11.7 Å². The molecule has 1 unspecified atom stereocenters. The molecule has 0 radical (unpaired) electrons. The van der Waals surface area contributed by atoms with E-state index in [1.54, 1.807) is 12.1 Å². The number of rotatable bonds is 9. The van der Waals surface area contributed by atoms with E-state index in [9.17, 15) is 4.79 Å². The molecular weight excluding hydrogens is 264 g/mol. The van der Waals surface area contributed by atoms with Gasteiger partial charge in [0.25, 0.3) is 5.91 Å². The summed E-state index contributed by atoms with van der Waals surface area (Å²) in [6.07, 6.45) is 3.25. The Balaban J connectivity index is 2.58. The molecule has 0 aromatic heterocycles. The van der Waals surface area contributed by atoms with Crippen molar-refractivity contribution < 1.29 is 9.53 Å². The van der Waals surface area contributed by atoms with E-state index < -0.39 is 0 Å². The Morgan fingerprint density at radius 1 is 1.33 bits per heavy atom. The van der Waals surface area contributed by atoms with E-state index in [0.29, 0.717) is 24.6 Å². The third kappa shape index (κ3) is 6.63. The van der Waals surface area contributed by atoms with Crippen LogP contribution in [0.3, 0.4) is 0 Å². The lowest BCUT2D eigenvalue weighted by Crippen LogP contribution is -2.30. The van der Waals surface area contributed by atoms with Gasteiger partial charge in [0.05, 0.1) is 6.10 Å². The molecule has 0 fully saturated rings. The smallest absolute Gasteiger partial charge is 0.251 e. The van der Waals surface area contributed by atoms with Crippen LogP contribution < -0.4 is 15.8 Å². The molecule has 1 amide bonds. The van der Waals surface area contributed by atoms with E-state index >= 15 is 0 Å². The van der Waals surface area contributed by atoms with E-state index in [1.807, 2.05) is 26.0 Å². The lowest BCUT2D eigenvalue weighted by Gasteiger charge is -2.16. The number of nitrogens with two attached hydrogens (primary N) is 1. The van der Waals surface area contributed by atoms with Crippen LogP contribution in [0.4, 0.5) is 0 Å². The Bertz CT molecular complexity index is 427. The maximum Gasteiger partial charge on any atom is 0.251 e. The Hall–Kier alpha value is -1.55. The second-order valence-corrected chi connectivity index (χ2v) is 5.64. The lowest BCUT2D eigenvalue weighted by molar-refractivity contribution is 0.0945. The summed E-state index contributed by atoms with van der Waals surface area (Å²) in [4.78, 5) is 12.2. The van der Waals surface area contributed by atoms with E-state index in [1.165, 1.54) is 0 Å². The van der Waals surface area contributed by atoms with Gasteiger partial charge in [0.15, 0.2) is 0 Å². The summed E-state index contributed by atoms with van der Waals surface area (Å²) in [6, 6.07) is 7.30. The molecule has 1 aromatic carbocycles. The second-order valence-electron chi connectivity index (χ2n) is 5.64. The molecule has 4 nitrogen and oxygen atoms in total. The Kier molecular flexibility index (Phi) is 7.83. The van der Waals surface area contributed by atoms with E-state index in [2.05, 4.69) is 12.2 Å². The number of ether oxygens (including phenoxy) is 1. The fraction of sp³-hybridized carbons (Fsp3) is 0.588. The molecule has 0 saturated carbocycles. The number of hydrogen-bond acceptors (Lipinski definition) is 3. The molecule has 21 heavy (non-hydrogen) atoms. The van der Waals surface area contributed by atoms with Gasteiger partial charge in [-0.15, -0.1) is 0 Å². The topological polar surface area (TPSA) is 64.3 Å². The minimum atomic E-state index is -0.0534. The summed E-state index contributed by atoms with van der Waals surface area (Å²) >= 11 is 0. The number of amides is 1. The second kappa shape index (κ2) is 9.40. The van der Waals surface area contributed by atoms with Gasteiger partial charge in [-0.1, -0.05) is 19.4 Å². The number of carbonyl (C=O) groups excluding carboxylic acids is 1. The summed E-state index contributed by atoms with van der Waals surface area (Å²) in [7, 11) is 0. The minimum Gasteiger partial charge on any atom is -0.491 e. The van der Waals surface area contributed by atoms with E-state index in [-0.39, 0.29) is 12.0 Å². The van der Waals surface area contributed by atoms with Crippen molar-refractivity contribution >= 4 is 5.91 Å². The Morgan fingerprint density at radius 3 is 2.71 bits per heavy atom. The highest BCUT2D eigenvalue weighted by molar-refractivity contribution is 5.94. The van der Waals surface area contributed by atoms with Crippen LogP contribution in [0.15, 0.2) is 24.3 Å². The van der Waals surface area contributed by atoms with E-state index in [0.717, 1.165) is 25.0 Å². The molecular formula is C17H28N2O2. The van der Waals surface area contributed by atoms with Gasteiger partial charge in [-0.25, -0.2) is 0 Å². The fourth-order valence-electron chi connectivity index (χ4n) is 2.31. The van der Waals surface area contributed by atoms with Gasteiger partial charge in [-0.3, -0.25) is 4.79 Å². The summed E-state index contributed by atoms with van der Waals surface area (Å²) in [5.41, 5.74) is 6.25. The highest BCUT2D eigenvalue weighted by Gasteiger charge is 2.11. The molecule has 0 saturated heterocycles. The van der Waals surface area contributed by atoms with Gasteiger partial charge in [0, 0.05) is 12.1 Å². The lowest BCUT2D eigenvalue weighted by atomic mass is 10.00. The molecule has 0 aliphatic rings. The van der Waals surface area contributed by atoms with Gasteiger partial charge >= 0.3 is 0 Å². The molecule has 0 heterocycles. The quantitative estimate of drug-likeness (QED) is 0.735. The molecule has 0 aliphatic heterocycles. The van der Waals surface area contributed by atoms with Crippen molar-refractivity contribution in [2.45, 2.75) is 46.1 Å². The monoisotopic (exact) mass is 292 g/mol. The predicted octanol–water partition coefficient (Wildman–Crippen LogP) is 2.97.